The van der Waals surface area contributed by atoms with Gasteiger partial charge in [-0.2, -0.15) is 0 Å². The van der Waals surface area contributed by atoms with Crippen molar-refractivity contribution in [2.45, 2.75) is 49.2 Å². The van der Waals surface area contributed by atoms with E-state index in [-0.39, 0.29) is 11.2 Å². The van der Waals surface area contributed by atoms with Gasteiger partial charge in [-0.3, -0.25) is 0 Å². The maximum absolute atomic E-state index is 5.80. The zero-order valence-electron chi connectivity index (χ0n) is 11.7. The molecule has 1 aromatic rings. The van der Waals surface area contributed by atoms with Gasteiger partial charge in [0.15, 0.2) is 0 Å². The van der Waals surface area contributed by atoms with E-state index in [1.165, 1.54) is 9.49 Å². The Morgan fingerprint density at radius 1 is 1.06 bits per heavy atom. The molecule has 1 aromatic carbocycles. The summed E-state index contributed by atoms with van der Waals surface area (Å²) < 4.78 is 1.26. The molecule has 0 saturated carbocycles. The van der Waals surface area contributed by atoms with Crippen molar-refractivity contribution in [2.75, 3.05) is 0 Å². The van der Waals surface area contributed by atoms with Gasteiger partial charge in [-0.05, 0) is 0 Å². The molecule has 0 fully saturated rings. The number of benzene rings is 1. The second-order valence-electron chi connectivity index (χ2n) is 5.67. The zero-order chi connectivity index (χ0) is 13.6. The van der Waals surface area contributed by atoms with Crippen LogP contribution in [0.2, 0.25) is 3.93 Å². The Morgan fingerprint density at radius 3 is 2.17 bits per heavy atom. The van der Waals surface area contributed by atoms with Crippen molar-refractivity contribution in [2.24, 2.45) is 0 Å². The van der Waals surface area contributed by atoms with Crippen molar-refractivity contribution >= 4 is 11.9 Å². The molecule has 0 radical (unpaired) electrons. The quantitative estimate of drug-likeness (QED) is 0.315. The molecule has 0 amide bonds. The first-order valence-corrected chi connectivity index (χ1v) is 22.2. The van der Waals surface area contributed by atoms with E-state index in [1.54, 1.807) is 0 Å². The van der Waals surface area contributed by atoms with Crippen LogP contribution in [0.15, 0.2) is 30.3 Å². The summed E-state index contributed by atoms with van der Waals surface area (Å²) in [6.45, 7) is 8.12. The normalized spacial score (nSPS) is 14.9. The van der Waals surface area contributed by atoms with Gasteiger partial charge in [0.2, 0.25) is 0 Å². The zero-order valence-corrected chi connectivity index (χ0v) is 18.8. The molecule has 0 aliphatic heterocycles. The van der Waals surface area contributed by atoms with Gasteiger partial charge in [-0.25, -0.2) is 0 Å². The number of hydrogen-bond acceptors (Lipinski definition) is 2. The molecule has 18 heavy (non-hydrogen) atoms. The van der Waals surface area contributed by atoms with Gasteiger partial charge in [0.25, 0.3) is 0 Å². The Morgan fingerprint density at radius 2 is 1.67 bits per heavy atom. The summed E-state index contributed by atoms with van der Waals surface area (Å²) in [5.74, 6) is 0. The first-order chi connectivity index (χ1) is 8.37. The molecule has 0 aromatic heterocycles. The Kier molecular flexibility index (Phi) is 6.80. The van der Waals surface area contributed by atoms with Crippen LogP contribution in [0.1, 0.15) is 39.7 Å². The number of hydrogen-bond donors (Lipinski definition) is 0. The van der Waals surface area contributed by atoms with E-state index in [2.05, 4.69) is 31.0 Å². The van der Waals surface area contributed by atoms with Gasteiger partial charge < -0.3 is 0 Å². The monoisotopic (exact) mass is 502 g/mol. The average Bonchev–Trinajstić information content (AvgIpc) is 2.34. The molecule has 0 heterocycles. The van der Waals surface area contributed by atoms with Crippen LogP contribution in [-0.4, -0.2) is 5.60 Å². The average molecular weight is 502 g/mol. The van der Waals surface area contributed by atoms with Gasteiger partial charge in [0.05, 0.1) is 0 Å². The molecule has 0 N–H and O–H groups in total. The van der Waals surface area contributed by atoms with E-state index in [0.29, 0.717) is 0 Å². The Balaban J connectivity index is 2.82. The molecule has 0 spiro atoms. The van der Waals surface area contributed by atoms with Gasteiger partial charge >= 0.3 is 129 Å². The molecule has 98 valence electrons. The first kappa shape index (κ1) is 16.6. The van der Waals surface area contributed by atoms with Crippen molar-refractivity contribution < 1.29 is 31.9 Å². The van der Waals surface area contributed by atoms with Gasteiger partial charge in [0, 0.05) is 0 Å². The molecule has 1 unspecified atom stereocenters. The molecule has 0 bridgehead atoms. The van der Waals surface area contributed by atoms with Crippen LogP contribution in [0.4, 0.5) is 0 Å². The molecular formula is C14H21BrHgO2. The minimum atomic E-state index is -0.812. The van der Waals surface area contributed by atoms with Crippen LogP contribution in [-0.2, 0) is 37.5 Å². The summed E-state index contributed by atoms with van der Waals surface area (Å²) in [6, 6.07) is 10.3. The molecule has 1 atom stereocenters. The third-order valence-corrected chi connectivity index (χ3v) is 9.98. The van der Waals surface area contributed by atoms with E-state index in [4.69, 9.17) is 9.78 Å². The Hall–Kier alpha value is 0.555. The van der Waals surface area contributed by atoms with E-state index in [9.17, 15) is 0 Å². The molecule has 1 rings (SSSR count). The van der Waals surface area contributed by atoms with Gasteiger partial charge in [-0.15, -0.1) is 0 Å². The molecule has 4 heteroatoms. The number of halogens is 1. The molecule has 0 aliphatic carbocycles. The Labute approximate surface area is 128 Å². The van der Waals surface area contributed by atoms with Crippen LogP contribution in [0.25, 0.3) is 0 Å². The summed E-state index contributed by atoms with van der Waals surface area (Å²) in [6.07, 6.45) is 1.01. The fourth-order valence-electron chi connectivity index (χ4n) is 1.65. The van der Waals surface area contributed by atoms with E-state index in [0.717, 1.165) is 6.42 Å². The summed E-state index contributed by atoms with van der Waals surface area (Å²) in [5.41, 5.74) is 0.556. The summed E-state index contributed by atoms with van der Waals surface area (Å²) >= 11 is 2.88. The predicted octanol–water partition coefficient (Wildman–Crippen LogP) is 4.85. The van der Waals surface area contributed by atoms with E-state index < -0.39 is 22.1 Å². The van der Waals surface area contributed by atoms with Gasteiger partial charge in [-0.1, -0.05) is 0 Å². The van der Waals surface area contributed by atoms with Crippen LogP contribution >= 0.6 is 11.9 Å². The summed E-state index contributed by atoms with van der Waals surface area (Å²) in [4.78, 5) is 11.4. The Bertz CT molecular complexity index is 351. The second kappa shape index (κ2) is 7.37. The van der Waals surface area contributed by atoms with Crippen LogP contribution in [0, 0.1) is 0 Å². The van der Waals surface area contributed by atoms with Crippen molar-refractivity contribution in [3.63, 3.8) is 0 Å². The molecule has 2 nitrogen and oxygen atoms in total. The van der Waals surface area contributed by atoms with Gasteiger partial charge in [0.1, 0.15) is 0 Å². The van der Waals surface area contributed by atoms with E-state index in [1.807, 2.05) is 39.0 Å². The SMILES string of the molecule is CC(C)(C)OOC(C)(C[CH2][Hg][Br])c1ccccc1. The van der Waals surface area contributed by atoms with Crippen molar-refractivity contribution in [1.29, 1.82) is 0 Å². The minimum absolute atomic E-state index is 0.283. The summed E-state index contributed by atoms with van der Waals surface area (Å²) in [5, 5.41) is 0. The summed E-state index contributed by atoms with van der Waals surface area (Å²) in [7, 11) is 0. The first-order valence-electron chi connectivity index (χ1n) is 6.36. The predicted molar refractivity (Wildman–Crippen MR) is 74.1 cm³/mol. The van der Waals surface area contributed by atoms with Crippen molar-refractivity contribution in [3.05, 3.63) is 35.9 Å². The maximum atomic E-state index is 5.80. The fraction of sp³-hybridized carbons (Fsp3) is 0.571. The second-order valence-corrected chi connectivity index (χ2v) is 16.8. The third-order valence-electron chi connectivity index (χ3n) is 2.65. The van der Waals surface area contributed by atoms with Crippen LogP contribution < -0.4 is 0 Å². The van der Waals surface area contributed by atoms with E-state index >= 15 is 0 Å². The molecule has 0 saturated heterocycles. The fourth-order valence-corrected chi connectivity index (χ4v) is 7.25. The van der Waals surface area contributed by atoms with Crippen molar-refractivity contribution in [3.8, 4) is 0 Å². The topological polar surface area (TPSA) is 18.5 Å². The number of rotatable bonds is 6. The van der Waals surface area contributed by atoms with Crippen LogP contribution in [0.3, 0.4) is 0 Å². The molecular weight excluding hydrogens is 481 g/mol. The van der Waals surface area contributed by atoms with Crippen molar-refractivity contribution in [1.82, 2.24) is 0 Å². The third kappa shape index (κ3) is 5.68. The standard InChI is InChI=1S/C14H21O2.BrH.Hg/c1-6-14(5,16-15-13(2,3)4)12-10-8-7-9-11-12;;/h7-11H,1,6H2,2-5H3;1H;/q;;+1/p-1. The molecule has 0 aliphatic rings. The van der Waals surface area contributed by atoms with Crippen LogP contribution in [0.5, 0.6) is 0 Å².